The summed E-state index contributed by atoms with van der Waals surface area (Å²) in [5, 5.41) is 18.5. The maximum absolute atomic E-state index is 12.7. The molecule has 0 saturated heterocycles. The maximum atomic E-state index is 12.7. The Balaban J connectivity index is 1.66. The number of hydrogen-bond acceptors (Lipinski definition) is 5. The van der Waals surface area contributed by atoms with Crippen LogP contribution < -0.4 is 15.3 Å². The number of rotatable bonds is 7. The van der Waals surface area contributed by atoms with Gasteiger partial charge in [-0.2, -0.15) is 0 Å². The van der Waals surface area contributed by atoms with Crippen molar-refractivity contribution in [3.8, 4) is 0 Å². The lowest BCUT2D eigenvalue weighted by atomic mass is 9.89. The third kappa shape index (κ3) is 5.29. The van der Waals surface area contributed by atoms with E-state index in [1.807, 2.05) is 106 Å². The number of fused-ring (bicyclic) bond motifs is 1. The second kappa shape index (κ2) is 10.3. The molecule has 7 nitrogen and oxygen atoms in total. The molecule has 3 aromatic carbocycles. The van der Waals surface area contributed by atoms with E-state index in [1.165, 1.54) is 10.9 Å². The van der Waals surface area contributed by atoms with Crippen LogP contribution in [0.15, 0.2) is 79.0 Å². The highest BCUT2D eigenvalue weighted by Crippen LogP contribution is 2.34. The minimum absolute atomic E-state index is 0.00333. The number of carbonyl (C=O) groups is 1. The average molecular weight is 482 g/mol. The van der Waals surface area contributed by atoms with Crippen molar-refractivity contribution >= 4 is 53.3 Å². The Morgan fingerprint density at radius 2 is 1.72 bits per heavy atom. The number of aromatic nitrogens is 1. The van der Waals surface area contributed by atoms with E-state index in [1.54, 1.807) is 6.20 Å². The number of para-hydroxylation sites is 2. The summed E-state index contributed by atoms with van der Waals surface area (Å²) < 4.78 is 7.08. The predicted octanol–water partition coefficient (Wildman–Crippen LogP) is 4.78. The van der Waals surface area contributed by atoms with Crippen molar-refractivity contribution in [1.82, 2.24) is 4.57 Å². The SMILES string of the molecule is CN(c1ccc(BO)cc1)c1ccccc1N(C=N)Cc1cccc2c1ccn2C(=O)OC(C)(C)C. The molecule has 0 amide bonds. The lowest BCUT2D eigenvalue weighted by molar-refractivity contribution is 0.0544. The molecule has 4 aromatic rings. The standard InChI is InChI=1S/C28H31BN4O3/c1-28(2,3)36-27(34)33-17-16-23-20(8-7-11-24(23)33)18-32(19-30)26-10-6-5-9-25(26)31(4)22-14-12-21(29-35)13-15-22/h5-17,19,29-30,35H,18H2,1-4H3. The molecule has 36 heavy (non-hydrogen) atoms. The summed E-state index contributed by atoms with van der Waals surface area (Å²) in [6.45, 7) is 5.99. The molecular formula is C28H31BN4O3. The Kier molecular flexibility index (Phi) is 7.17. The maximum Gasteiger partial charge on any atom is 0.418 e. The van der Waals surface area contributed by atoms with Crippen molar-refractivity contribution < 1.29 is 14.6 Å². The Bertz CT molecular complexity index is 1380. The normalized spacial score (nSPS) is 11.2. The lowest BCUT2D eigenvalue weighted by Gasteiger charge is -2.28. The summed E-state index contributed by atoms with van der Waals surface area (Å²) in [6, 6.07) is 23.4. The molecular weight excluding hydrogens is 451 g/mol. The molecule has 184 valence electrons. The Hall–Kier alpha value is -4.04. The van der Waals surface area contributed by atoms with Gasteiger partial charge < -0.3 is 19.6 Å². The summed E-state index contributed by atoms with van der Waals surface area (Å²) in [5.41, 5.74) is 4.82. The van der Waals surface area contributed by atoms with Gasteiger partial charge in [-0.15, -0.1) is 0 Å². The van der Waals surface area contributed by atoms with Gasteiger partial charge >= 0.3 is 13.6 Å². The van der Waals surface area contributed by atoms with Gasteiger partial charge in [-0.3, -0.25) is 9.98 Å². The Labute approximate surface area is 212 Å². The van der Waals surface area contributed by atoms with E-state index in [4.69, 9.17) is 10.1 Å². The third-order valence-electron chi connectivity index (χ3n) is 5.97. The van der Waals surface area contributed by atoms with Crippen LogP contribution in [0.4, 0.5) is 21.9 Å². The van der Waals surface area contributed by atoms with E-state index in [0.717, 1.165) is 39.0 Å². The van der Waals surface area contributed by atoms with E-state index in [2.05, 4.69) is 4.90 Å². The van der Waals surface area contributed by atoms with Gasteiger partial charge in [0, 0.05) is 30.9 Å². The summed E-state index contributed by atoms with van der Waals surface area (Å²) in [6.07, 6.45) is 2.64. The first-order valence-electron chi connectivity index (χ1n) is 11.8. The van der Waals surface area contributed by atoms with Crippen LogP contribution in [-0.2, 0) is 11.3 Å². The molecule has 2 N–H and O–H groups in total. The molecule has 0 aliphatic heterocycles. The lowest BCUT2D eigenvalue weighted by Crippen LogP contribution is -2.26. The molecule has 0 unspecified atom stereocenters. The van der Waals surface area contributed by atoms with E-state index in [-0.39, 0.29) is 7.48 Å². The van der Waals surface area contributed by atoms with Gasteiger partial charge in [0.1, 0.15) is 5.60 Å². The number of hydrogen-bond donors (Lipinski definition) is 2. The molecule has 0 aliphatic carbocycles. The smallest absolute Gasteiger partial charge is 0.418 e. The Morgan fingerprint density at radius 3 is 2.36 bits per heavy atom. The van der Waals surface area contributed by atoms with Crippen LogP contribution >= 0.6 is 0 Å². The van der Waals surface area contributed by atoms with Gasteiger partial charge in [0.05, 0.1) is 23.2 Å². The highest BCUT2D eigenvalue weighted by Gasteiger charge is 2.20. The number of carbonyl (C=O) groups excluding carboxylic acids is 1. The fourth-order valence-corrected chi connectivity index (χ4v) is 4.18. The number of anilines is 3. The first-order valence-corrected chi connectivity index (χ1v) is 11.8. The predicted molar refractivity (Wildman–Crippen MR) is 148 cm³/mol. The largest absolute Gasteiger partial charge is 0.449 e. The fourth-order valence-electron chi connectivity index (χ4n) is 4.18. The van der Waals surface area contributed by atoms with Crippen LogP contribution in [0, 0.1) is 5.41 Å². The zero-order valence-corrected chi connectivity index (χ0v) is 21.1. The van der Waals surface area contributed by atoms with E-state index in [9.17, 15) is 9.82 Å². The van der Waals surface area contributed by atoms with Crippen LogP contribution in [0.5, 0.6) is 0 Å². The number of nitrogens with one attached hydrogen (secondary N) is 1. The molecule has 0 fully saturated rings. The minimum atomic E-state index is -0.587. The van der Waals surface area contributed by atoms with Crippen LogP contribution in [0.3, 0.4) is 0 Å². The second-order valence-electron chi connectivity index (χ2n) is 9.65. The molecule has 0 aliphatic rings. The van der Waals surface area contributed by atoms with Crippen LogP contribution in [0.25, 0.3) is 10.9 Å². The van der Waals surface area contributed by atoms with Gasteiger partial charge in [-0.1, -0.05) is 41.9 Å². The van der Waals surface area contributed by atoms with Crippen molar-refractivity contribution in [1.29, 1.82) is 5.41 Å². The molecule has 0 bridgehead atoms. The number of ether oxygens (including phenoxy) is 1. The summed E-state index contributed by atoms with van der Waals surface area (Å²) >= 11 is 0. The van der Waals surface area contributed by atoms with Crippen LogP contribution in [-0.4, -0.2) is 42.2 Å². The first kappa shape index (κ1) is 25.1. The molecule has 0 atom stereocenters. The van der Waals surface area contributed by atoms with Crippen molar-refractivity contribution in [3.63, 3.8) is 0 Å². The number of nitrogens with zero attached hydrogens (tertiary/aromatic N) is 3. The molecule has 0 saturated carbocycles. The highest BCUT2D eigenvalue weighted by molar-refractivity contribution is 6.45. The van der Waals surface area contributed by atoms with Crippen LogP contribution in [0.2, 0.25) is 0 Å². The molecule has 4 rings (SSSR count). The minimum Gasteiger partial charge on any atom is -0.449 e. The Morgan fingerprint density at radius 1 is 1.03 bits per heavy atom. The van der Waals surface area contributed by atoms with E-state index >= 15 is 0 Å². The zero-order chi connectivity index (χ0) is 25.9. The first-order chi connectivity index (χ1) is 17.2. The average Bonchev–Trinajstić information content (AvgIpc) is 3.31. The third-order valence-corrected chi connectivity index (χ3v) is 5.97. The highest BCUT2D eigenvalue weighted by atomic mass is 16.6. The van der Waals surface area contributed by atoms with Crippen molar-refractivity contribution in [2.45, 2.75) is 32.9 Å². The monoisotopic (exact) mass is 482 g/mol. The molecule has 0 radical (unpaired) electrons. The van der Waals surface area contributed by atoms with Gasteiger partial charge in [0.15, 0.2) is 0 Å². The quantitative estimate of drug-likeness (QED) is 0.225. The molecule has 8 heteroatoms. The fraction of sp³-hybridized carbons (Fsp3) is 0.214. The van der Waals surface area contributed by atoms with Gasteiger partial charge in [-0.05, 0) is 62.7 Å². The molecule has 1 aromatic heterocycles. The molecule has 1 heterocycles. The van der Waals surface area contributed by atoms with Crippen LogP contribution in [0.1, 0.15) is 26.3 Å². The van der Waals surface area contributed by atoms with Crippen molar-refractivity contribution in [2.24, 2.45) is 0 Å². The van der Waals surface area contributed by atoms with E-state index in [0.29, 0.717) is 6.54 Å². The number of benzene rings is 3. The molecule has 0 spiro atoms. The second-order valence-corrected chi connectivity index (χ2v) is 9.65. The van der Waals surface area contributed by atoms with Gasteiger partial charge in [0.25, 0.3) is 0 Å². The van der Waals surface area contributed by atoms with Gasteiger partial charge in [-0.25, -0.2) is 4.79 Å². The summed E-state index contributed by atoms with van der Waals surface area (Å²) in [5.74, 6) is 0. The van der Waals surface area contributed by atoms with E-state index < -0.39 is 11.7 Å². The topological polar surface area (TPSA) is 81.8 Å². The van der Waals surface area contributed by atoms with Crippen molar-refractivity contribution in [3.05, 3.63) is 84.6 Å². The summed E-state index contributed by atoms with van der Waals surface area (Å²) in [4.78, 5) is 16.7. The summed E-state index contributed by atoms with van der Waals surface area (Å²) in [7, 11) is 1.99. The van der Waals surface area contributed by atoms with Crippen molar-refractivity contribution in [2.75, 3.05) is 16.8 Å². The van der Waals surface area contributed by atoms with Gasteiger partial charge in [0.2, 0.25) is 0 Å². The zero-order valence-electron chi connectivity index (χ0n) is 21.1.